The van der Waals surface area contributed by atoms with Gasteiger partial charge >= 0.3 is 0 Å². The third-order valence-electron chi connectivity index (χ3n) is 3.52. The molecule has 1 amide bonds. The third kappa shape index (κ3) is 3.81. The van der Waals surface area contributed by atoms with Gasteiger partial charge in [-0.25, -0.2) is 0 Å². The fourth-order valence-electron chi connectivity index (χ4n) is 2.34. The minimum Gasteiger partial charge on any atom is -0.497 e. The van der Waals surface area contributed by atoms with Crippen LogP contribution in [0.15, 0.2) is 54.6 Å². The summed E-state index contributed by atoms with van der Waals surface area (Å²) in [5.41, 5.74) is 2.58. The van der Waals surface area contributed by atoms with E-state index in [-0.39, 0.29) is 12.5 Å². The van der Waals surface area contributed by atoms with E-state index in [1.54, 1.807) is 19.2 Å². The van der Waals surface area contributed by atoms with Crippen LogP contribution in [0.3, 0.4) is 0 Å². The molecule has 3 aromatic rings. The van der Waals surface area contributed by atoms with E-state index >= 15 is 0 Å². The van der Waals surface area contributed by atoms with Crippen molar-refractivity contribution in [3.05, 3.63) is 60.3 Å². The lowest BCUT2D eigenvalue weighted by atomic mass is 10.2. The van der Waals surface area contributed by atoms with Crippen LogP contribution in [0.25, 0.3) is 10.9 Å². The molecule has 0 saturated carbocycles. The summed E-state index contributed by atoms with van der Waals surface area (Å²) in [5.74, 6) is 1.05. The quantitative estimate of drug-likeness (QED) is 0.780. The highest BCUT2D eigenvalue weighted by atomic mass is 16.5. The molecule has 0 aliphatic rings. The van der Waals surface area contributed by atoms with Gasteiger partial charge in [-0.05, 0) is 43.3 Å². The molecule has 0 atom stereocenters. The van der Waals surface area contributed by atoms with Gasteiger partial charge in [0, 0.05) is 22.8 Å². The molecular formula is C19H18N2O3. The summed E-state index contributed by atoms with van der Waals surface area (Å²) in [5, 5.41) is 3.80. The van der Waals surface area contributed by atoms with Crippen LogP contribution in [0.2, 0.25) is 0 Å². The number of methoxy groups -OCH3 is 1. The van der Waals surface area contributed by atoms with E-state index in [2.05, 4.69) is 10.3 Å². The second-order valence-corrected chi connectivity index (χ2v) is 5.38. The Bertz CT molecular complexity index is 877. The van der Waals surface area contributed by atoms with Gasteiger partial charge in [-0.2, -0.15) is 0 Å². The van der Waals surface area contributed by atoms with Gasteiger partial charge in [0.2, 0.25) is 0 Å². The summed E-state index contributed by atoms with van der Waals surface area (Å²) in [6.45, 7) is 1.88. The Morgan fingerprint density at radius 3 is 2.75 bits per heavy atom. The second kappa shape index (κ2) is 7.00. The lowest BCUT2D eigenvalue weighted by molar-refractivity contribution is -0.118. The number of hydrogen-bond donors (Lipinski definition) is 1. The molecule has 0 radical (unpaired) electrons. The predicted molar refractivity (Wildman–Crippen MR) is 93.6 cm³/mol. The predicted octanol–water partition coefficient (Wildman–Crippen LogP) is 3.57. The Morgan fingerprint density at radius 1 is 1.08 bits per heavy atom. The number of hydrogen-bond acceptors (Lipinski definition) is 4. The number of amides is 1. The minimum atomic E-state index is -0.225. The number of rotatable bonds is 5. The van der Waals surface area contributed by atoms with E-state index in [1.807, 2.05) is 49.4 Å². The maximum Gasteiger partial charge on any atom is 0.262 e. The molecule has 24 heavy (non-hydrogen) atoms. The lowest BCUT2D eigenvalue weighted by Crippen LogP contribution is -2.20. The fourth-order valence-corrected chi connectivity index (χ4v) is 2.34. The molecule has 0 aliphatic heterocycles. The van der Waals surface area contributed by atoms with E-state index in [0.717, 1.165) is 16.6 Å². The van der Waals surface area contributed by atoms with Gasteiger partial charge in [0.1, 0.15) is 11.5 Å². The van der Waals surface area contributed by atoms with Gasteiger partial charge < -0.3 is 14.8 Å². The largest absolute Gasteiger partial charge is 0.497 e. The second-order valence-electron chi connectivity index (χ2n) is 5.38. The zero-order valence-electron chi connectivity index (χ0n) is 13.6. The van der Waals surface area contributed by atoms with Crippen LogP contribution in [0.1, 0.15) is 5.69 Å². The first kappa shape index (κ1) is 15.8. The summed E-state index contributed by atoms with van der Waals surface area (Å²) in [6.07, 6.45) is 0. The van der Waals surface area contributed by atoms with Crippen molar-refractivity contribution in [1.29, 1.82) is 0 Å². The highest BCUT2D eigenvalue weighted by Crippen LogP contribution is 2.20. The van der Waals surface area contributed by atoms with Crippen molar-refractivity contribution >= 4 is 22.5 Å². The van der Waals surface area contributed by atoms with Gasteiger partial charge in [0.15, 0.2) is 6.61 Å². The number of ether oxygens (including phenoxy) is 2. The van der Waals surface area contributed by atoms with Gasteiger partial charge in [-0.15, -0.1) is 0 Å². The Balaban J connectivity index is 1.63. The molecule has 2 aromatic carbocycles. The molecule has 1 heterocycles. The first-order chi connectivity index (χ1) is 11.6. The normalized spacial score (nSPS) is 10.4. The average molecular weight is 322 g/mol. The Morgan fingerprint density at radius 2 is 1.92 bits per heavy atom. The zero-order valence-corrected chi connectivity index (χ0v) is 13.6. The molecule has 122 valence electrons. The van der Waals surface area contributed by atoms with Crippen LogP contribution in [-0.4, -0.2) is 24.6 Å². The van der Waals surface area contributed by atoms with Crippen molar-refractivity contribution in [2.24, 2.45) is 0 Å². The zero-order chi connectivity index (χ0) is 16.9. The van der Waals surface area contributed by atoms with Crippen LogP contribution in [0.4, 0.5) is 5.69 Å². The Kier molecular flexibility index (Phi) is 4.61. The third-order valence-corrected chi connectivity index (χ3v) is 3.52. The molecule has 0 bridgehead atoms. The first-order valence-corrected chi connectivity index (χ1v) is 7.58. The number of carbonyl (C=O) groups is 1. The van der Waals surface area contributed by atoms with Crippen molar-refractivity contribution in [2.45, 2.75) is 6.92 Å². The maximum atomic E-state index is 12.0. The molecule has 5 nitrogen and oxygen atoms in total. The Labute approximate surface area is 140 Å². The van der Waals surface area contributed by atoms with Gasteiger partial charge in [0.25, 0.3) is 5.91 Å². The number of fused-ring (bicyclic) bond motifs is 1. The van der Waals surface area contributed by atoms with Crippen LogP contribution >= 0.6 is 0 Å². The van der Waals surface area contributed by atoms with E-state index < -0.39 is 0 Å². The summed E-state index contributed by atoms with van der Waals surface area (Å²) >= 11 is 0. The fraction of sp³-hybridized carbons (Fsp3) is 0.158. The van der Waals surface area contributed by atoms with Crippen molar-refractivity contribution in [1.82, 2.24) is 4.98 Å². The van der Waals surface area contributed by atoms with Crippen LogP contribution in [-0.2, 0) is 4.79 Å². The molecule has 1 N–H and O–H groups in total. The molecule has 5 heteroatoms. The number of carbonyl (C=O) groups excluding carboxylic acids is 1. The number of aromatic nitrogens is 1. The summed E-state index contributed by atoms with van der Waals surface area (Å²) in [4.78, 5) is 16.5. The molecule has 0 unspecified atom stereocenters. The smallest absolute Gasteiger partial charge is 0.262 e. The topological polar surface area (TPSA) is 60.5 Å². The molecule has 3 rings (SSSR count). The van der Waals surface area contributed by atoms with Gasteiger partial charge in [-0.3, -0.25) is 9.78 Å². The SMILES string of the molecule is COc1cccc(OCC(=O)Nc2ccc3nc(C)ccc3c2)c1. The van der Waals surface area contributed by atoms with Crippen LogP contribution in [0.5, 0.6) is 11.5 Å². The maximum absolute atomic E-state index is 12.0. The lowest BCUT2D eigenvalue weighted by Gasteiger charge is -2.09. The number of nitrogens with one attached hydrogen (secondary N) is 1. The van der Waals surface area contributed by atoms with Crippen molar-refractivity contribution in [3.8, 4) is 11.5 Å². The average Bonchev–Trinajstić information content (AvgIpc) is 2.60. The van der Waals surface area contributed by atoms with E-state index in [9.17, 15) is 4.79 Å². The highest BCUT2D eigenvalue weighted by molar-refractivity contribution is 5.94. The molecular weight excluding hydrogens is 304 g/mol. The van der Waals surface area contributed by atoms with Crippen LogP contribution in [0, 0.1) is 6.92 Å². The van der Waals surface area contributed by atoms with Crippen LogP contribution < -0.4 is 14.8 Å². The summed E-state index contributed by atoms with van der Waals surface area (Å²) in [7, 11) is 1.59. The summed E-state index contributed by atoms with van der Waals surface area (Å²) in [6, 6.07) is 16.7. The molecule has 1 aromatic heterocycles. The van der Waals surface area contributed by atoms with Gasteiger partial charge in [0.05, 0.1) is 12.6 Å². The van der Waals surface area contributed by atoms with E-state index in [1.165, 1.54) is 0 Å². The highest BCUT2D eigenvalue weighted by Gasteiger charge is 2.06. The number of anilines is 1. The molecule has 0 saturated heterocycles. The Hall–Kier alpha value is -3.08. The van der Waals surface area contributed by atoms with Crippen molar-refractivity contribution < 1.29 is 14.3 Å². The van der Waals surface area contributed by atoms with Gasteiger partial charge in [-0.1, -0.05) is 12.1 Å². The summed E-state index contributed by atoms with van der Waals surface area (Å²) < 4.78 is 10.6. The monoisotopic (exact) mass is 322 g/mol. The molecule has 0 spiro atoms. The molecule has 0 aliphatic carbocycles. The van der Waals surface area contributed by atoms with Crippen molar-refractivity contribution in [3.63, 3.8) is 0 Å². The minimum absolute atomic E-state index is 0.0721. The number of pyridine rings is 1. The number of benzene rings is 2. The number of aryl methyl sites for hydroxylation is 1. The van der Waals surface area contributed by atoms with Crippen molar-refractivity contribution in [2.75, 3.05) is 19.0 Å². The van der Waals surface area contributed by atoms with E-state index in [4.69, 9.17) is 9.47 Å². The number of nitrogens with zero attached hydrogens (tertiary/aromatic N) is 1. The standard InChI is InChI=1S/C19H18N2O3/c1-13-6-7-14-10-15(8-9-18(14)20-13)21-19(22)12-24-17-5-3-4-16(11-17)23-2/h3-11H,12H2,1-2H3,(H,21,22). The first-order valence-electron chi connectivity index (χ1n) is 7.58. The van der Waals surface area contributed by atoms with E-state index in [0.29, 0.717) is 17.2 Å². The molecule has 0 fully saturated rings.